The van der Waals surface area contributed by atoms with Gasteiger partial charge in [-0.1, -0.05) is 17.7 Å². The number of likely N-dealkylation sites (tertiary alicyclic amines) is 1. The van der Waals surface area contributed by atoms with Crippen molar-refractivity contribution in [2.45, 2.75) is 31.5 Å². The van der Waals surface area contributed by atoms with Gasteiger partial charge in [0.15, 0.2) is 0 Å². The summed E-state index contributed by atoms with van der Waals surface area (Å²) in [7, 11) is 1.59. The molecule has 0 bridgehead atoms. The van der Waals surface area contributed by atoms with Crippen LogP contribution in [0.5, 0.6) is 0 Å². The van der Waals surface area contributed by atoms with E-state index in [0.29, 0.717) is 48.0 Å². The summed E-state index contributed by atoms with van der Waals surface area (Å²) in [5.74, 6) is -1.86. The summed E-state index contributed by atoms with van der Waals surface area (Å²) in [4.78, 5) is 31.2. The molecule has 1 amide bonds. The number of rotatable bonds is 5. The summed E-state index contributed by atoms with van der Waals surface area (Å²) in [5, 5.41) is 6.70. The first kappa shape index (κ1) is 28.0. The molecule has 0 N–H and O–H groups in total. The van der Waals surface area contributed by atoms with Crippen LogP contribution in [0.3, 0.4) is 0 Å². The van der Waals surface area contributed by atoms with Crippen molar-refractivity contribution < 1.29 is 26.7 Å². The molecule has 0 unspecified atom stereocenters. The first-order valence-corrected chi connectivity index (χ1v) is 13.4. The van der Waals surface area contributed by atoms with Crippen LogP contribution in [0.1, 0.15) is 29.3 Å². The number of amides is 1. The lowest BCUT2D eigenvalue weighted by Crippen LogP contribution is -2.41. The van der Waals surface area contributed by atoms with E-state index < -0.39 is 41.4 Å². The summed E-state index contributed by atoms with van der Waals surface area (Å²) in [6.07, 6.45) is -2.75. The fourth-order valence-corrected chi connectivity index (χ4v) is 5.91. The monoisotopic (exact) mass is 597 g/mol. The van der Waals surface area contributed by atoms with Gasteiger partial charge in [-0.15, -0.1) is 11.3 Å². The molecule has 0 radical (unpaired) electrons. The number of hydrogen-bond donors (Lipinski definition) is 0. The Kier molecular flexibility index (Phi) is 7.53. The first-order valence-electron chi connectivity index (χ1n) is 12.1. The molecule has 1 aliphatic heterocycles. The van der Waals surface area contributed by atoms with Crippen LogP contribution >= 0.6 is 22.9 Å². The van der Waals surface area contributed by atoms with Crippen molar-refractivity contribution in [3.05, 3.63) is 79.5 Å². The molecule has 4 heterocycles. The average Bonchev–Trinajstić information content (AvgIpc) is 3.53. The number of aromatic nitrogens is 4. The summed E-state index contributed by atoms with van der Waals surface area (Å²) in [5.41, 5.74) is -1.64. The van der Waals surface area contributed by atoms with Gasteiger partial charge in [-0.05, 0) is 37.1 Å². The van der Waals surface area contributed by atoms with Gasteiger partial charge in [0.2, 0.25) is 5.91 Å². The normalized spacial score (nSPS) is 14.6. The Morgan fingerprint density at radius 1 is 1.12 bits per heavy atom. The first-order chi connectivity index (χ1) is 18.9. The minimum absolute atomic E-state index is 0.0284. The third-order valence-corrected chi connectivity index (χ3v) is 7.96. The Bertz CT molecular complexity index is 1620. The molecule has 0 atom stereocenters. The molecule has 7 nitrogen and oxygen atoms in total. The SMILES string of the molecule is Cn1nc(-c2csc(C3CCN(C(=O)Cn4cc(Cl)cc(C(F)(F)F)c4=O)CC3)n2)cc1-c1c(F)cccc1F. The smallest absolute Gasteiger partial charge is 0.341 e. The number of aryl methyl sites for hydroxylation is 1. The van der Waals surface area contributed by atoms with E-state index in [0.717, 1.165) is 11.2 Å². The minimum atomic E-state index is -4.89. The number of thiazole rings is 1. The van der Waals surface area contributed by atoms with E-state index in [-0.39, 0.29) is 22.2 Å². The van der Waals surface area contributed by atoms with Crippen LogP contribution in [0.2, 0.25) is 5.02 Å². The highest BCUT2D eigenvalue weighted by atomic mass is 35.5. The Hall–Kier alpha value is -3.58. The summed E-state index contributed by atoms with van der Waals surface area (Å²) in [6.45, 7) is 0.111. The van der Waals surface area contributed by atoms with E-state index in [1.807, 2.05) is 0 Å². The molecular weight excluding hydrogens is 577 g/mol. The molecule has 5 rings (SSSR count). The van der Waals surface area contributed by atoms with Gasteiger partial charge < -0.3 is 9.47 Å². The summed E-state index contributed by atoms with van der Waals surface area (Å²) in [6, 6.07) is 5.76. The maximum absolute atomic E-state index is 14.3. The number of hydrogen-bond acceptors (Lipinski definition) is 5. The van der Waals surface area contributed by atoms with Crippen molar-refractivity contribution in [3.63, 3.8) is 0 Å². The second-order valence-electron chi connectivity index (χ2n) is 9.36. The van der Waals surface area contributed by atoms with Crippen LogP contribution in [0.15, 0.2) is 46.7 Å². The highest BCUT2D eigenvalue weighted by Crippen LogP contribution is 2.35. The minimum Gasteiger partial charge on any atom is -0.341 e. The van der Waals surface area contributed by atoms with Gasteiger partial charge in [0.05, 0.1) is 21.3 Å². The maximum atomic E-state index is 14.3. The van der Waals surface area contributed by atoms with E-state index >= 15 is 0 Å². The van der Waals surface area contributed by atoms with Crippen LogP contribution < -0.4 is 5.56 Å². The number of piperidine rings is 1. The molecule has 1 aromatic carbocycles. The van der Waals surface area contributed by atoms with Crippen molar-refractivity contribution >= 4 is 28.8 Å². The molecule has 1 fully saturated rings. The van der Waals surface area contributed by atoms with Crippen molar-refractivity contribution in [1.82, 2.24) is 24.2 Å². The molecular formula is C26H21ClF5N5O2S. The number of halogens is 6. The van der Waals surface area contributed by atoms with Crippen LogP contribution in [0.4, 0.5) is 22.0 Å². The molecule has 1 aliphatic rings. The number of carbonyl (C=O) groups excluding carboxylic acids is 1. The van der Waals surface area contributed by atoms with Crippen molar-refractivity contribution in [3.8, 4) is 22.6 Å². The van der Waals surface area contributed by atoms with Crippen LogP contribution in [-0.2, 0) is 24.6 Å². The zero-order valence-electron chi connectivity index (χ0n) is 20.9. The summed E-state index contributed by atoms with van der Waals surface area (Å²) >= 11 is 7.17. The molecule has 40 heavy (non-hydrogen) atoms. The predicted molar refractivity (Wildman–Crippen MR) is 139 cm³/mol. The molecule has 4 aromatic rings. The second-order valence-corrected chi connectivity index (χ2v) is 10.7. The van der Waals surface area contributed by atoms with Crippen molar-refractivity contribution in [2.75, 3.05) is 13.1 Å². The number of pyridine rings is 1. The zero-order chi connectivity index (χ0) is 28.8. The Morgan fingerprint density at radius 2 is 1.80 bits per heavy atom. The van der Waals surface area contributed by atoms with E-state index in [2.05, 4.69) is 10.1 Å². The fraction of sp³-hybridized carbons (Fsp3) is 0.308. The molecule has 210 valence electrons. The average molecular weight is 598 g/mol. The standard InChI is InChI=1S/C26H21ClF5N5O2S/c1-35-21(23-17(28)3-2-4-18(23)29)10-19(34-35)20-13-40-24(33-20)14-5-7-36(8-6-14)22(38)12-37-11-15(27)9-16(25(37)39)26(30,31)32/h2-4,9-11,13-14H,5-8,12H2,1H3. The third-order valence-electron chi connectivity index (χ3n) is 6.74. The van der Waals surface area contributed by atoms with Gasteiger partial charge in [-0.25, -0.2) is 13.8 Å². The Labute approximate surface area is 233 Å². The van der Waals surface area contributed by atoms with E-state index in [1.54, 1.807) is 18.5 Å². The van der Waals surface area contributed by atoms with Gasteiger partial charge in [-0.2, -0.15) is 18.3 Å². The Balaban J connectivity index is 1.25. The van der Waals surface area contributed by atoms with Gasteiger partial charge in [0.1, 0.15) is 35.1 Å². The van der Waals surface area contributed by atoms with Gasteiger partial charge in [0, 0.05) is 37.6 Å². The van der Waals surface area contributed by atoms with Crippen molar-refractivity contribution in [1.29, 1.82) is 0 Å². The van der Waals surface area contributed by atoms with Crippen LogP contribution in [-0.4, -0.2) is 43.2 Å². The number of nitrogens with zero attached hydrogens (tertiary/aromatic N) is 5. The largest absolute Gasteiger partial charge is 0.421 e. The van der Waals surface area contributed by atoms with Crippen molar-refractivity contribution in [2.24, 2.45) is 7.05 Å². The number of alkyl halides is 3. The van der Waals surface area contributed by atoms with E-state index in [1.165, 1.54) is 39.1 Å². The second kappa shape index (κ2) is 10.8. The lowest BCUT2D eigenvalue weighted by Gasteiger charge is -2.31. The maximum Gasteiger partial charge on any atom is 0.421 e. The zero-order valence-corrected chi connectivity index (χ0v) is 22.5. The van der Waals surface area contributed by atoms with Gasteiger partial charge in [-0.3, -0.25) is 14.3 Å². The van der Waals surface area contributed by atoms with Crippen LogP contribution in [0, 0.1) is 11.6 Å². The molecule has 0 spiro atoms. The van der Waals surface area contributed by atoms with E-state index in [4.69, 9.17) is 11.6 Å². The lowest BCUT2D eigenvalue weighted by atomic mass is 9.97. The van der Waals surface area contributed by atoms with E-state index in [9.17, 15) is 31.5 Å². The molecule has 3 aromatic heterocycles. The van der Waals surface area contributed by atoms with Gasteiger partial charge >= 0.3 is 6.18 Å². The molecule has 0 saturated carbocycles. The number of carbonyl (C=O) groups is 1. The predicted octanol–water partition coefficient (Wildman–Crippen LogP) is 5.73. The van der Waals surface area contributed by atoms with Crippen LogP contribution in [0.25, 0.3) is 22.6 Å². The summed E-state index contributed by atoms with van der Waals surface area (Å²) < 4.78 is 70.1. The Morgan fingerprint density at radius 3 is 2.45 bits per heavy atom. The molecule has 1 saturated heterocycles. The van der Waals surface area contributed by atoms with Gasteiger partial charge in [0.25, 0.3) is 5.56 Å². The quantitative estimate of drug-likeness (QED) is 0.276. The third kappa shape index (κ3) is 5.52. The highest BCUT2D eigenvalue weighted by molar-refractivity contribution is 7.10. The molecule has 14 heteroatoms. The fourth-order valence-electron chi connectivity index (χ4n) is 4.70. The topological polar surface area (TPSA) is 73.0 Å². The highest BCUT2D eigenvalue weighted by Gasteiger charge is 2.35. The molecule has 0 aliphatic carbocycles. The lowest BCUT2D eigenvalue weighted by molar-refractivity contribution is -0.139. The number of benzene rings is 1.